The quantitative estimate of drug-likeness (QED) is 0.636. The first kappa shape index (κ1) is 19.6. The molecule has 1 aromatic heterocycles. The summed E-state index contributed by atoms with van der Waals surface area (Å²) in [4.78, 5) is 13.8. The van der Waals surface area contributed by atoms with Gasteiger partial charge in [0.05, 0.1) is 6.10 Å². The lowest BCUT2D eigenvalue weighted by Crippen LogP contribution is -2.31. The minimum Gasteiger partial charge on any atom is -0.377 e. The molecule has 3 aromatic rings. The van der Waals surface area contributed by atoms with Gasteiger partial charge in [0.15, 0.2) is 0 Å². The van der Waals surface area contributed by atoms with Crippen LogP contribution in [0.5, 0.6) is 0 Å². The maximum absolute atomic E-state index is 13.3. The molecular weight excluding hydrogens is 369 g/mol. The van der Waals surface area contributed by atoms with Crippen LogP contribution in [0.3, 0.4) is 0 Å². The third kappa shape index (κ3) is 4.83. The predicted molar refractivity (Wildman–Crippen MR) is 111 cm³/mol. The summed E-state index contributed by atoms with van der Waals surface area (Å²) >= 11 is 0. The number of hydrogen-bond donors (Lipinski definition) is 1. The number of ether oxygens (including phenoxy) is 1. The van der Waals surface area contributed by atoms with Crippen molar-refractivity contribution in [1.82, 2.24) is 9.47 Å². The molecule has 0 spiro atoms. The van der Waals surface area contributed by atoms with E-state index in [0.717, 1.165) is 48.0 Å². The number of fused-ring (bicyclic) bond motifs is 1. The highest BCUT2D eigenvalue weighted by atomic mass is 19.1. The molecule has 2 aromatic carbocycles. The molecule has 0 aliphatic carbocycles. The fourth-order valence-electron chi connectivity index (χ4n) is 4.10. The summed E-state index contributed by atoms with van der Waals surface area (Å²) in [6.07, 6.45) is 4.38. The summed E-state index contributed by atoms with van der Waals surface area (Å²) in [6.45, 7) is 3.20. The summed E-state index contributed by atoms with van der Waals surface area (Å²) in [7, 11) is 0. The van der Waals surface area contributed by atoms with Gasteiger partial charge in [0, 0.05) is 43.3 Å². The number of benzene rings is 2. The van der Waals surface area contributed by atoms with Crippen molar-refractivity contribution in [2.45, 2.75) is 38.6 Å². The van der Waals surface area contributed by atoms with Crippen molar-refractivity contribution in [2.24, 2.45) is 5.73 Å². The monoisotopic (exact) mass is 395 g/mol. The van der Waals surface area contributed by atoms with E-state index in [1.165, 1.54) is 12.1 Å². The highest BCUT2D eigenvalue weighted by Gasteiger charge is 2.21. The molecule has 2 N–H and O–H groups in total. The Hall–Kier alpha value is -2.70. The number of nitrogens with zero attached hydrogens (tertiary/aromatic N) is 2. The van der Waals surface area contributed by atoms with Gasteiger partial charge in [-0.1, -0.05) is 30.3 Å². The van der Waals surface area contributed by atoms with Crippen LogP contribution in [0.25, 0.3) is 10.9 Å². The zero-order chi connectivity index (χ0) is 20.2. The Morgan fingerprint density at radius 3 is 2.69 bits per heavy atom. The normalized spacial score (nSPS) is 16.7. The number of nitrogens with two attached hydrogens (primary N) is 1. The van der Waals surface area contributed by atoms with E-state index in [-0.39, 0.29) is 24.4 Å². The summed E-state index contributed by atoms with van der Waals surface area (Å²) in [5.74, 6) is -0.589. The Labute approximate surface area is 169 Å². The van der Waals surface area contributed by atoms with Crippen LogP contribution in [0.15, 0.2) is 54.7 Å². The van der Waals surface area contributed by atoms with Crippen LogP contribution >= 0.6 is 0 Å². The molecule has 152 valence electrons. The zero-order valence-corrected chi connectivity index (χ0v) is 16.4. The number of rotatable bonds is 8. The van der Waals surface area contributed by atoms with Crippen molar-refractivity contribution in [3.8, 4) is 0 Å². The van der Waals surface area contributed by atoms with E-state index in [4.69, 9.17) is 10.5 Å². The average molecular weight is 395 g/mol. The molecule has 1 amide bonds. The molecule has 4 rings (SSSR count). The van der Waals surface area contributed by atoms with Crippen molar-refractivity contribution >= 4 is 16.8 Å². The molecule has 29 heavy (non-hydrogen) atoms. The highest BCUT2D eigenvalue weighted by molar-refractivity contribution is 5.85. The predicted octanol–water partition coefficient (Wildman–Crippen LogP) is 3.45. The Morgan fingerprint density at radius 2 is 1.97 bits per heavy atom. The van der Waals surface area contributed by atoms with Gasteiger partial charge < -0.3 is 15.0 Å². The molecular formula is C23H26FN3O2. The topological polar surface area (TPSA) is 60.5 Å². The Balaban J connectivity index is 1.60. The maximum Gasteiger partial charge on any atom is 0.237 e. The minimum absolute atomic E-state index is 0.157. The summed E-state index contributed by atoms with van der Waals surface area (Å²) in [5, 5.41) is 1.12. The number of hydrogen-bond acceptors (Lipinski definition) is 3. The minimum atomic E-state index is -0.361. The molecule has 6 heteroatoms. The molecule has 0 saturated carbocycles. The molecule has 5 nitrogen and oxygen atoms in total. The number of aromatic nitrogens is 1. The number of carbonyl (C=O) groups excluding carboxylic acids is 1. The number of halogens is 1. The van der Waals surface area contributed by atoms with Crippen LogP contribution in [-0.4, -0.2) is 34.6 Å². The van der Waals surface area contributed by atoms with E-state index in [9.17, 15) is 9.18 Å². The lowest BCUT2D eigenvalue weighted by atomic mass is 10.1. The molecule has 1 saturated heterocycles. The Kier molecular flexibility index (Phi) is 5.92. The Morgan fingerprint density at radius 1 is 1.17 bits per heavy atom. The first-order valence-corrected chi connectivity index (χ1v) is 10.0. The molecule has 0 unspecified atom stereocenters. The lowest BCUT2D eigenvalue weighted by molar-refractivity contribution is -0.118. The summed E-state index contributed by atoms with van der Waals surface area (Å²) in [6, 6.07) is 14.7. The van der Waals surface area contributed by atoms with Crippen molar-refractivity contribution in [3.05, 3.63) is 71.7 Å². The van der Waals surface area contributed by atoms with Crippen LogP contribution < -0.4 is 5.73 Å². The van der Waals surface area contributed by atoms with Gasteiger partial charge in [0.2, 0.25) is 5.91 Å². The molecule has 1 aliphatic heterocycles. The molecule has 0 radical (unpaired) electrons. The molecule has 1 atom stereocenters. The summed E-state index contributed by atoms with van der Waals surface area (Å²) in [5.41, 5.74) is 8.63. The van der Waals surface area contributed by atoms with Gasteiger partial charge in [-0.05, 0) is 42.2 Å². The third-order valence-corrected chi connectivity index (χ3v) is 5.40. The van der Waals surface area contributed by atoms with E-state index < -0.39 is 0 Å². The molecule has 1 aliphatic rings. The van der Waals surface area contributed by atoms with Crippen LogP contribution in [0.1, 0.15) is 24.0 Å². The van der Waals surface area contributed by atoms with Crippen molar-refractivity contribution in [3.63, 3.8) is 0 Å². The van der Waals surface area contributed by atoms with Gasteiger partial charge in [-0.2, -0.15) is 0 Å². The Bertz CT molecular complexity index is 977. The molecule has 0 bridgehead atoms. The number of para-hydroxylation sites is 1. The van der Waals surface area contributed by atoms with Gasteiger partial charge in [0.25, 0.3) is 0 Å². The van der Waals surface area contributed by atoms with Crippen molar-refractivity contribution < 1.29 is 13.9 Å². The van der Waals surface area contributed by atoms with Crippen LogP contribution in [0.2, 0.25) is 0 Å². The lowest BCUT2D eigenvalue weighted by Gasteiger charge is -2.25. The second-order valence-corrected chi connectivity index (χ2v) is 7.70. The van der Waals surface area contributed by atoms with Gasteiger partial charge in [-0.25, -0.2) is 4.39 Å². The first-order valence-electron chi connectivity index (χ1n) is 10.0. The van der Waals surface area contributed by atoms with E-state index >= 15 is 0 Å². The largest absolute Gasteiger partial charge is 0.377 e. The highest BCUT2D eigenvalue weighted by Crippen LogP contribution is 2.24. The van der Waals surface area contributed by atoms with Crippen LogP contribution in [-0.2, 0) is 29.2 Å². The summed E-state index contributed by atoms with van der Waals surface area (Å²) < 4.78 is 21.1. The number of amides is 1. The standard InChI is InChI=1S/C23H26FN3O2/c24-19-9-7-17(8-10-19)12-26(15-20-4-3-11-29-20)13-18-14-27(16-23(25)28)22-6-2-1-5-21(18)22/h1-2,5-10,14,20H,3-4,11-13,15-16H2,(H2,25,28)/t20-/m1/s1. The van der Waals surface area contributed by atoms with Crippen molar-refractivity contribution in [1.29, 1.82) is 0 Å². The second kappa shape index (κ2) is 8.76. The maximum atomic E-state index is 13.3. The van der Waals surface area contributed by atoms with Crippen LogP contribution in [0.4, 0.5) is 4.39 Å². The zero-order valence-electron chi connectivity index (χ0n) is 16.4. The van der Waals surface area contributed by atoms with Gasteiger partial charge in [-0.3, -0.25) is 9.69 Å². The van der Waals surface area contributed by atoms with E-state index in [0.29, 0.717) is 13.1 Å². The number of carbonyl (C=O) groups is 1. The average Bonchev–Trinajstić information content (AvgIpc) is 3.32. The first-order chi connectivity index (χ1) is 14.1. The van der Waals surface area contributed by atoms with E-state index in [2.05, 4.69) is 11.0 Å². The van der Waals surface area contributed by atoms with E-state index in [1.807, 2.05) is 41.1 Å². The smallest absolute Gasteiger partial charge is 0.237 e. The van der Waals surface area contributed by atoms with Gasteiger partial charge in [-0.15, -0.1) is 0 Å². The second-order valence-electron chi connectivity index (χ2n) is 7.70. The molecule has 2 heterocycles. The molecule has 1 fully saturated rings. The van der Waals surface area contributed by atoms with Gasteiger partial charge >= 0.3 is 0 Å². The van der Waals surface area contributed by atoms with E-state index in [1.54, 1.807) is 0 Å². The van der Waals surface area contributed by atoms with Gasteiger partial charge in [0.1, 0.15) is 12.4 Å². The SMILES string of the molecule is NC(=O)Cn1cc(CN(Cc2ccc(F)cc2)C[C@H]2CCCO2)c2ccccc21. The number of primary amides is 1. The third-order valence-electron chi connectivity index (χ3n) is 5.40. The fourth-order valence-corrected chi connectivity index (χ4v) is 4.10. The van der Waals surface area contributed by atoms with Crippen molar-refractivity contribution in [2.75, 3.05) is 13.2 Å². The fraction of sp³-hybridized carbons (Fsp3) is 0.348. The van der Waals surface area contributed by atoms with Crippen LogP contribution in [0, 0.1) is 5.82 Å².